The zero-order valence-electron chi connectivity index (χ0n) is 12.6. The monoisotopic (exact) mass is 315 g/mol. The summed E-state index contributed by atoms with van der Waals surface area (Å²) in [7, 11) is 0. The van der Waals surface area contributed by atoms with Crippen LogP contribution in [0.15, 0.2) is 0 Å². The Labute approximate surface area is 130 Å². The Morgan fingerprint density at radius 3 is 2.71 bits per heavy atom. The fourth-order valence-electron chi connectivity index (χ4n) is 3.09. The fraction of sp³-hybridized carbons (Fsp3) is 0.867. The molecule has 0 aromatic carbocycles. The summed E-state index contributed by atoms with van der Waals surface area (Å²) in [5.74, 6) is 0.723. The van der Waals surface area contributed by atoms with Crippen molar-refractivity contribution >= 4 is 23.6 Å². The van der Waals surface area contributed by atoms with Gasteiger partial charge in [-0.25, -0.2) is 0 Å². The number of carboxylic acid groups (broad SMARTS) is 1. The van der Waals surface area contributed by atoms with Gasteiger partial charge in [-0.3, -0.25) is 9.59 Å². The number of rotatable bonds is 6. The van der Waals surface area contributed by atoms with Crippen molar-refractivity contribution in [3.8, 4) is 0 Å². The molecule has 0 radical (unpaired) electrons. The lowest BCUT2D eigenvalue weighted by Gasteiger charge is -2.37. The van der Waals surface area contributed by atoms with Crippen LogP contribution in [0, 0.1) is 0 Å². The number of carbonyl (C=O) groups is 2. The summed E-state index contributed by atoms with van der Waals surface area (Å²) in [5, 5.41) is 9.01. The van der Waals surface area contributed by atoms with Gasteiger partial charge in [0.15, 0.2) is 0 Å². The molecule has 0 aromatic rings. The molecule has 2 unspecified atom stereocenters. The van der Waals surface area contributed by atoms with Crippen molar-refractivity contribution < 1.29 is 19.4 Å². The standard InChI is InChI=1S/C15H25NO4S/c1-2-13(20-12-5-3-4-6-12)15(19)16-7-8-21-10-11(16)9-14(17)18/h11-13H,2-10H2,1H3,(H,17,18). The van der Waals surface area contributed by atoms with Crippen molar-refractivity contribution in [2.75, 3.05) is 18.1 Å². The number of hydrogen-bond donors (Lipinski definition) is 1. The van der Waals surface area contributed by atoms with Crippen LogP contribution in [-0.2, 0) is 14.3 Å². The first-order chi connectivity index (χ1) is 10.1. The molecule has 1 aliphatic heterocycles. The normalized spacial score (nSPS) is 25.0. The molecule has 0 bridgehead atoms. The quantitative estimate of drug-likeness (QED) is 0.813. The van der Waals surface area contributed by atoms with Gasteiger partial charge in [0.25, 0.3) is 5.91 Å². The number of nitrogens with zero attached hydrogens (tertiary/aromatic N) is 1. The molecule has 2 atom stereocenters. The number of hydrogen-bond acceptors (Lipinski definition) is 4. The molecule has 2 fully saturated rings. The first-order valence-electron chi connectivity index (χ1n) is 7.87. The molecule has 1 N–H and O–H groups in total. The average molecular weight is 315 g/mol. The Bertz CT molecular complexity index is 371. The van der Waals surface area contributed by atoms with E-state index in [4.69, 9.17) is 9.84 Å². The van der Waals surface area contributed by atoms with E-state index in [-0.39, 0.29) is 24.5 Å². The summed E-state index contributed by atoms with van der Waals surface area (Å²) in [6.45, 7) is 2.59. The second-order valence-electron chi connectivity index (χ2n) is 5.80. The van der Waals surface area contributed by atoms with Crippen molar-refractivity contribution in [3.63, 3.8) is 0 Å². The Morgan fingerprint density at radius 1 is 1.38 bits per heavy atom. The van der Waals surface area contributed by atoms with Crippen LogP contribution in [0.2, 0.25) is 0 Å². The number of aliphatic carboxylic acids is 1. The Morgan fingerprint density at radius 2 is 2.10 bits per heavy atom. The molecule has 1 heterocycles. The van der Waals surface area contributed by atoms with Crippen LogP contribution in [-0.4, -0.2) is 58.2 Å². The number of amides is 1. The maximum absolute atomic E-state index is 12.7. The molecule has 2 aliphatic rings. The first kappa shape index (κ1) is 16.6. The largest absolute Gasteiger partial charge is 0.481 e. The lowest BCUT2D eigenvalue weighted by molar-refractivity contribution is -0.151. The van der Waals surface area contributed by atoms with Gasteiger partial charge in [-0.2, -0.15) is 11.8 Å². The molecule has 5 nitrogen and oxygen atoms in total. The zero-order chi connectivity index (χ0) is 15.2. The van der Waals surface area contributed by atoms with E-state index in [1.807, 2.05) is 6.92 Å². The van der Waals surface area contributed by atoms with E-state index >= 15 is 0 Å². The third-order valence-electron chi connectivity index (χ3n) is 4.23. The van der Waals surface area contributed by atoms with Gasteiger partial charge in [-0.05, 0) is 19.3 Å². The van der Waals surface area contributed by atoms with Gasteiger partial charge < -0.3 is 14.7 Å². The minimum absolute atomic E-state index is 0.0176. The van der Waals surface area contributed by atoms with Crippen LogP contribution in [0.5, 0.6) is 0 Å². The number of carboxylic acids is 1. The maximum atomic E-state index is 12.7. The number of thioether (sulfide) groups is 1. The van der Waals surface area contributed by atoms with E-state index in [9.17, 15) is 9.59 Å². The minimum atomic E-state index is -0.843. The summed E-state index contributed by atoms with van der Waals surface area (Å²) >= 11 is 1.72. The van der Waals surface area contributed by atoms with Crippen LogP contribution in [0.3, 0.4) is 0 Å². The average Bonchev–Trinajstić information content (AvgIpc) is 2.97. The van der Waals surface area contributed by atoms with E-state index in [2.05, 4.69) is 0 Å². The molecule has 1 saturated carbocycles. The molecule has 6 heteroatoms. The Balaban J connectivity index is 1.97. The van der Waals surface area contributed by atoms with Crippen LogP contribution in [0.4, 0.5) is 0 Å². The Kier molecular flexibility index (Phi) is 6.36. The molecule has 0 aromatic heterocycles. The zero-order valence-corrected chi connectivity index (χ0v) is 13.4. The fourth-order valence-corrected chi connectivity index (χ4v) is 4.15. The van der Waals surface area contributed by atoms with Crippen LogP contribution in [0.1, 0.15) is 45.4 Å². The van der Waals surface area contributed by atoms with Crippen LogP contribution < -0.4 is 0 Å². The van der Waals surface area contributed by atoms with Gasteiger partial charge in [-0.1, -0.05) is 19.8 Å². The summed E-state index contributed by atoms with van der Waals surface area (Å²) in [4.78, 5) is 25.4. The first-order valence-corrected chi connectivity index (χ1v) is 9.02. The second-order valence-corrected chi connectivity index (χ2v) is 6.95. The molecule has 1 aliphatic carbocycles. The van der Waals surface area contributed by atoms with Crippen molar-refractivity contribution in [3.05, 3.63) is 0 Å². The van der Waals surface area contributed by atoms with E-state index in [0.717, 1.165) is 18.6 Å². The molecule has 2 rings (SSSR count). The summed E-state index contributed by atoms with van der Waals surface area (Å²) < 4.78 is 5.98. The smallest absolute Gasteiger partial charge is 0.305 e. The van der Waals surface area contributed by atoms with E-state index in [1.54, 1.807) is 16.7 Å². The Hall–Kier alpha value is -0.750. The molecule has 120 valence electrons. The number of carbonyl (C=O) groups excluding carboxylic acids is 1. The van der Waals surface area contributed by atoms with Crippen molar-refractivity contribution in [2.45, 2.75) is 63.7 Å². The topological polar surface area (TPSA) is 66.8 Å². The third-order valence-corrected chi connectivity index (χ3v) is 5.32. The highest BCUT2D eigenvalue weighted by Crippen LogP contribution is 2.25. The summed E-state index contributed by atoms with van der Waals surface area (Å²) in [6.07, 6.45) is 4.91. The molecule has 0 spiro atoms. The van der Waals surface area contributed by atoms with Gasteiger partial charge in [0, 0.05) is 18.1 Å². The molecule has 21 heavy (non-hydrogen) atoms. The predicted octanol–water partition coefficient (Wildman–Crippen LogP) is 2.14. The van der Waals surface area contributed by atoms with Gasteiger partial charge >= 0.3 is 5.97 Å². The van der Waals surface area contributed by atoms with Gasteiger partial charge in [0.1, 0.15) is 6.10 Å². The molecular weight excluding hydrogens is 290 g/mol. The minimum Gasteiger partial charge on any atom is -0.481 e. The lowest BCUT2D eigenvalue weighted by Crippen LogP contribution is -2.51. The van der Waals surface area contributed by atoms with Gasteiger partial charge in [0.2, 0.25) is 0 Å². The summed E-state index contributed by atoms with van der Waals surface area (Å²) in [5.41, 5.74) is 0. The molecular formula is C15H25NO4S. The third kappa shape index (κ3) is 4.61. The van der Waals surface area contributed by atoms with Crippen LogP contribution >= 0.6 is 11.8 Å². The van der Waals surface area contributed by atoms with E-state index in [0.29, 0.717) is 18.7 Å². The summed E-state index contributed by atoms with van der Waals surface area (Å²) in [6, 6.07) is -0.199. The highest BCUT2D eigenvalue weighted by molar-refractivity contribution is 7.99. The highest BCUT2D eigenvalue weighted by Gasteiger charge is 2.34. The SMILES string of the molecule is CCC(OC1CCCC1)C(=O)N1CCSCC1CC(=O)O. The van der Waals surface area contributed by atoms with Crippen molar-refractivity contribution in [1.82, 2.24) is 4.90 Å². The van der Waals surface area contributed by atoms with E-state index < -0.39 is 12.1 Å². The number of ether oxygens (including phenoxy) is 1. The highest BCUT2D eigenvalue weighted by atomic mass is 32.2. The molecule has 1 amide bonds. The predicted molar refractivity (Wildman–Crippen MR) is 82.5 cm³/mol. The van der Waals surface area contributed by atoms with Crippen LogP contribution in [0.25, 0.3) is 0 Å². The lowest BCUT2D eigenvalue weighted by atomic mass is 10.1. The van der Waals surface area contributed by atoms with Gasteiger partial charge in [-0.15, -0.1) is 0 Å². The van der Waals surface area contributed by atoms with Crippen molar-refractivity contribution in [2.24, 2.45) is 0 Å². The van der Waals surface area contributed by atoms with E-state index in [1.165, 1.54) is 12.8 Å². The van der Waals surface area contributed by atoms with Gasteiger partial charge in [0.05, 0.1) is 18.6 Å². The second kappa shape index (κ2) is 8.03. The maximum Gasteiger partial charge on any atom is 0.305 e. The van der Waals surface area contributed by atoms with Crippen molar-refractivity contribution in [1.29, 1.82) is 0 Å². The molecule has 1 saturated heterocycles.